The molecule has 6 nitrogen and oxygen atoms in total. The summed E-state index contributed by atoms with van der Waals surface area (Å²) >= 11 is 0. The largest absolute Gasteiger partial charge is 0.508 e. The molecule has 2 fully saturated rings. The second-order valence-corrected chi connectivity index (χ2v) is 9.35. The molecule has 7 heteroatoms. The zero-order valence-corrected chi connectivity index (χ0v) is 16.2. The molecule has 2 atom stereocenters. The summed E-state index contributed by atoms with van der Waals surface area (Å²) in [5.74, 6) is 0.779. The maximum atomic E-state index is 11.5. The van der Waals surface area contributed by atoms with E-state index in [4.69, 9.17) is 4.74 Å². The summed E-state index contributed by atoms with van der Waals surface area (Å²) in [6.45, 7) is 1.43. The van der Waals surface area contributed by atoms with Crippen LogP contribution in [-0.4, -0.2) is 51.1 Å². The predicted molar refractivity (Wildman–Crippen MR) is 102 cm³/mol. The Hall–Kier alpha value is -1.15. The molecule has 0 aromatic heterocycles. The van der Waals surface area contributed by atoms with Crippen LogP contribution < -0.4 is 10.0 Å². The highest BCUT2D eigenvalue weighted by atomic mass is 32.2. The molecule has 2 aliphatic rings. The van der Waals surface area contributed by atoms with Gasteiger partial charge in [0.05, 0.1) is 19.0 Å². The minimum atomic E-state index is -3.21. The number of phenols is 1. The SMILES string of the molecule is CS(=O)(=O)NC1CCCNC1COC1CCC(c2ccccc2O)CC1. The molecular weight excluding hydrogens is 352 g/mol. The fourth-order valence-corrected chi connectivity index (χ4v) is 4.99. The highest BCUT2D eigenvalue weighted by Crippen LogP contribution is 2.37. The molecule has 1 heterocycles. The number of sulfonamides is 1. The summed E-state index contributed by atoms with van der Waals surface area (Å²) in [5.41, 5.74) is 1.04. The van der Waals surface area contributed by atoms with E-state index in [1.165, 1.54) is 6.26 Å². The van der Waals surface area contributed by atoms with Gasteiger partial charge >= 0.3 is 0 Å². The van der Waals surface area contributed by atoms with Crippen molar-refractivity contribution in [3.05, 3.63) is 29.8 Å². The van der Waals surface area contributed by atoms with Crippen LogP contribution >= 0.6 is 0 Å². The van der Waals surface area contributed by atoms with Crippen molar-refractivity contribution in [2.75, 3.05) is 19.4 Å². The third-order valence-electron chi connectivity index (χ3n) is 5.51. The van der Waals surface area contributed by atoms with Crippen molar-refractivity contribution in [1.29, 1.82) is 0 Å². The number of para-hydroxylation sites is 1. The van der Waals surface area contributed by atoms with Crippen molar-refractivity contribution in [3.63, 3.8) is 0 Å². The van der Waals surface area contributed by atoms with Crippen molar-refractivity contribution < 1.29 is 18.3 Å². The number of nitrogens with one attached hydrogen (secondary N) is 2. The summed E-state index contributed by atoms with van der Waals surface area (Å²) in [5, 5.41) is 13.4. The monoisotopic (exact) mass is 382 g/mol. The van der Waals surface area contributed by atoms with Gasteiger partial charge in [-0.25, -0.2) is 13.1 Å². The van der Waals surface area contributed by atoms with Gasteiger partial charge in [0.2, 0.25) is 10.0 Å². The van der Waals surface area contributed by atoms with Crippen LogP contribution in [-0.2, 0) is 14.8 Å². The van der Waals surface area contributed by atoms with Crippen molar-refractivity contribution in [1.82, 2.24) is 10.0 Å². The molecule has 0 spiro atoms. The molecule has 0 amide bonds. The Morgan fingerprint density at radius 1 is 1.19 bits per heavy atom. The first-order valence-corrected chi connectivity index (χ1v) is 11.4. The Balaban J connectivity index is 1.48. The molecule has 1 aliphatic carbocycles. The molecule has 1 aliphatic heterocycles. The molecular formula is C19H30N2O4S. The average molecular weight is 383 g/mol. The lowest BCUT2D eigenvalue weighted by atomic mass is 9.82. The number of phenolic OH excluding ortho intramolecular Hbond substituents is 1. The summed E-state index contributed by atoms with van der Waals surface area (Å²) < 4.78 is 32.0. The van der Waals surface area contributed by atoms with E-state index in [1.54, 1.807) is 6.07 Å². The quantitative estimate of drug-likeness (QED) is 0.701. The van der Waals surface area contributed by atoms with Crippen molar-refractivity contribution in [2.45, 2.75) is 62.6 Å². The minimum absolute atomic E-state index is 0.0226. The van der Waals surface area contributed by atoms with Crippen LogP contribution in [0.5, 0.6) is 5.75 Å². The number of ether oxygens (including phenoxy) is 1. The van der Waals surface area contributed by atoms with Crippen LogP contribution in [0, 0.1) is 0 Å². The summed E-state index contributed by atoms with van der Waals surface area (Å²) in [6, 6.07) is 7.51. The number of piperidine rings is 1. The van der Waals surface area contributed by atoms with Gasteiger partial charge < -0.3 is 15.2 Å². The molecule has 2 unspecified atom stereocenters. The van der Waals surface area contributed by atoms with Gasteiger partial charge in [0.1, 0.15) is 5.75 Å². The molecule has 1 saturated heterocycles. The number of aromatic hydroxyl groups is 1. The van der Waals surface area contributed by atoms with E-state index in [2.05, 4.69) is 10.0 Å². The van der Waals surface area contributed by atoms with E-state index in [0.29, 0.717) is 18.3 Å². The van der Waals surface area contributed by atoms with Crippen molar-refractivity contribution in [3.8, 4) is 5.75 Å². The number of rotatable bonds is 6. The van der Waals surface area contributed by atoms with E-state index in [1.807, 2.05) is 18.2 Å². The first kappa shape index (κ1) is 19.6. The van der Waals surface area contributed by atoms with Gasteiger partial charge in [0, 0.05) is 12.1 Å². The van der Waals surface area contributed by atoms with Crippen LogP contribution in [0.25, 0.3) is 0 Å². The molecule has 3 rings (SSSR count). The van der Waals surface area contributed by atoms with Crippen LogP contribution in [0.15, 0.2) is 24.3 Å². The third kappa shape index (κ3) is 5.42. The number of hydrogen-bond donors (Lipinski definition) is 3. The van der Waals surface area contributed by atoms with Gasteiger partial charge in [0.15, 0.2) is 0 Å². The Labute approximate surface area is 156 Å². The van der Waals surface area contributed by atoms with E-state index >= 15 is 0 Å². The number of benzene rings is 1. The normalized spacial score (nSPS) is 30.2. The highest BCUT2D eigenvalue weighted by molar-refractivity contribution is 7.88. The maximum absolute atomic E-state index is 11.5. The molecule has 146 valence electrons. The van der Waals surface area contributed by atoms with Gasteiger partial charge in [-0.15, -0.1) is 0 Å². The topological polar surface area (TPSA) is 87.7 Å². The second-order valence-electron chi connectivity index (χ2n) is 7.57. The van der Waals surface area contributed by atoms with Gasteiger partial charge in [-0.05, 0) is 62.6 Å². The fourth-order valence-electron chi connectivity index (χ4n) is 4.16. The molecule has 1 aromatic rings. The first-order valence-electron chi connectivity index (χ1n) is 9.52. The van der Waals surface area contributed by atoms with Gasteiger partial charge in [-0.1, -0.05) is 18.2 Å². The summed E-state index contributed by atoms with van der Waals surface area (Å²) in [6.07, 6.45) is 7.17. The van der Waals surface area contributed by atoms with E-state index in [-0.39, 0.29) is 18.2 Å². The fraction of sp³-hybridized carbons (Fsp3) is 0.684. The molecule has 26 heavy (non-hydrogen) atoms. The first-order chi connectivity index (χ1) is 12.4. The summed E-state index contributed by atoms with van der Waals surface area (Å²) in [7, 11) is -3.21. The van der Waals surface area contributed by atoms with Crippen LogP contribution in [0.4, 0.5) is 0 Å². The minimum Gasteiger partial charge on any atom is -0.508 e. The second kappa shape index (κ2) is 8.69. The number of hydrogen-bond acceptors (Lipinski definition) is 5. The molecule has 1 saturated carbocycles. The van der Waals surface area contributed by atoms with Gasteiger partial charge in [-0.3, -0.25) is 0 Å². The zero-order chi connectivity index (χ0) is 18.6. The molecule has 3 N–H and O–H groups in total. The Bertz CT molecular complexity index is 687. The Morgan fingerprint density at radius 2 is 1.92 bits per heavy atom. The van der Waals surface area contributed by atoms with Crippen LogP contribution in [0.3, 0.4) is 0 Å². The highest BCUT2D eigenvalue weighted by Gasteiger charge is 2.29. The smallest absolute Gasteiger partial charge is 0.209 e. The average Bonchev–Trinajstić information content (AvgIpc) is 2.61. The third-order valence-corrected chi connectivity index (χ3v) is 6.24. The van der Waals surface area contributed by atoms with E-state index in [9.17, 15) is 13.5 Å². The van der Waals surface area contributed by atoms with E-state index < -0.39 is 10.0 Å². The predicted octanol–water partition coefficient (Wildman–Crippen LogP) is 2.10. The van der Waals surface area contributed by atoms with Crippen molar-refractivity contribution >= 4 is 10.0 Å². The van der Waals surface area contributed by atoms with Crippen LogP contribution in [0.1, 0.15) is 50.0 Å². The van der Waals surface area contributed by atoms with Gasteiger partial charge in [-0.2, -0.15) is 0 Å². The Morgan fingerprint density at radius 3 is 2.62 bits per heavy atom. The molecule has 1 aromatic carbocycles. The lowest BCUT2D eigenvalue weighted by Crippen LogP contribution is -2.55. The van der Waals surface area contributed by atoms with Gasteiger partial charge in [0.25, 0.3) is 0 Å². The zero-order valence-electron chi connectivity index (χ0n) is 15.4. The standard InChI is InChI=1S/C19H30N2O4S/c1-26(23,24)21-17-6-4-12-20-18(17)13-25-15-10-8-14(9-11-15)16-5-2-3-7-19(16)22/h2-3,5,7,14-15,17-18,20-22H,4,6,8-13H2,1H3. The molecule has 0 radical (unpaired) electrons. The van der Waals surface area contributed by atoms with E-state index in [0.717, 1.165) is 50.6 Å². The lowest BCUT2D eigenvalue weighted by molar-refractivity contribution is 0.00513. The van der Waals surface area contributed by atoms with Crippen LogP contribution in [0.2, 0.25) is 0 Å². The molecule has 0 bridgehead atoms. The van der Waals surface area contributed by atoms with Crippen molar-refractivity contribution in [2.24, 2.45) is 0 Å². The summed E-state index contributed by atoms with van der Waals surface area (Å²) in [4.78, 5) is 0. The lowest BCUT2D eigenvalue weighted by Gasteiger charge is -2.35. The maximum Gasteiger partial charge on any atom is 0.209 e. The Kier molecular flexibility index (Phi) is 6.55.